The first-order valence-electron chi connectivity index (χ1n) is 32.2. The fourth-order valence-corrected chi connectivity index (χ4v) is 24.4. The topological polar surface area (TPSA) is 26.3 Å². The summed E-state index contributed by atoms with van der Waals surface area (Å²) < 4.78 is 11.3. The van der Waals surface area contributed by atoms with Crippen molar-refractivity contribution >= 4 is 139 Å². The molecule has 10 heteroatoms. The maximum absolute atomic E-state index is 7.14. The summed E-state index contributed by atoms with van der Waals surface area (Å²) >= 11 is 0. The summed E-state index contributed by atoms with van der Waals surface area (Å²) in [5, 5.41) is 21.2. The average Bonchev–Trinajstić information content (AvgIpc) is 1.04. The minimum absolute atomic E-state index is 0. The average molecular weight is 2110 g/mol. The standard InChI is InChI=1S/2C30H24P2.2C16H6O.4Au/c2*1-5-15-25(16-6-1)31(26-17-7-2-8-18-26)29-23-13-14-24-30(29)32(27-19-9-3-10-20-27)28-21-11-4-12-22-28;2*1-3-11-5-7-15-13(9-11)14-10-12(4-2)6-8-16(14)17-15;;;;/h2*1-24H;2*5-10H;;;;/q;;2*-2;4*+1/p+4. The van der Waals surface area contributed by atoms with Crippen LogP contribution < -0.4 is 63.7 Å². The Balaban J connectivity index is 0.000000162. The van der Waals surface area contributed by atoms with Gasteiger partial charge in [0.05, 0.1) is 0 Å². The van der Waals surface area contributed by atoms with Crippen molar-refractivity contribution in [3.8, 4) is 23.7 Å². The maximum atomic E-state index is 7.14. The van der Waals surface area contributed by atoms with Crippen molar-refractivity contribution in [2.24, 2.45) is 0 Å². The van der Waals surface area contributed by atoms with Crippen LogP contribution in [0.4, 0.5) is 0 Å². The smallest absolute Gasteiger partial charge is 0.456 e. The molecule has 0 saturated heterocycles. The molecule has 0 bridgehead atoms. The van der Waals surface area contributed by atoms with Crippen LogP contribution in [-0.4, -0.2) is 0 Å². The second-order valence-electron chi connectivity index (χ2n) is 23.1. The molecule has 102 heavy (non-hydrogen) atoms. The van der Waals surface area contributed by atoms with Crippen molar-refractivity contribution in [3.63, 3.8) is 0 Å². The number of hydrogen-bond donors (Lipinski definition) is 0. The van der Waals surface area contributed by atoms with Gasteiger partial charge >= 0.3 is 89.5 Å². The molecule has 16 aromatic rings. The molecule has 0 aliphatic heterocycles. The molecule has 0 atom stereocenters. The minimum atomic E-state index is -1.14. The number of furan rings is 2. The third-order valence-electron chi connectivity index (χ3n) is 16.9. The van der Waals surface area contributed by atoms with Gasteiger partial charge in [0, 0.05) is 21.5 Å². The third-order valence-corrected chi connectivity index (χ3v) is 28.6. The van der Waals surface area contributed by atoms with Crippen LogP contribution in [0.15, 0.2) is 373 Å². The quantitative estimate of drug-likeness (QED) is 0.0527. The van der Waals surface area contributed by atoms with Crippen LogP contribution in [0.2, 0.25) is 0 Å². The second-order valence-corrected chi connectivity index (χ2v) is 32.8. The molecule has 2 nitrogen and oxygen atoms in total. The SMILES string of the molecule is [Au+].[Au+].[Au+].[Au+].[C-]#Cc1ccc2oc3ccc(C#[C-])cc3c2c1.[C-]#Cc1ccc2oc3ccc(C#[C-])cc3c2c1.c1ccc([PH+](c2ccccc2)c2ccccc2[PH+](c2ccccc2)c2ccccc2)cc1.c1ccc([PH+](c2ccccc2)c2ccccc2[PH+](c2ccccc2)c2ccccc2)cc1. The molecule has 16 rings (SSSR count). The second kappa shape index (κ2) is 38.8. The molecular weight excluding hydrogens is 2050 g/mol. The number of hydrogen-bond acceptors (Lipinski definition) is 2. The molecule has 0 unspecified atom stereocenters. The van der Waals surface area contributed by atoms with Crippen molar-refractivity contribution in [1.82, 2.24) is 0 Å². The summed E-state index contributed by atoms with van der Waals surface area (Å²) in [5.74, 6) is 9.43. The van der Waals surface area contributed by atoms with Crippen molar-refractivity contribution < 1.29 is 98.4 Å². The molecule has 0 radical (unpaired) electrons. The summed E-state index contributed by atoms with van der Waals surface area (Å²) in [7, 11) is -4.56. The first-order valence-corrected chi connectivity index (χ1v) is 38.2. The molecule has 0 saturated carbocycles. The molecule has 0 spiro atoms. The van der Waals surface area contributed by atoms with Gasteiger partial charge in [-0.3, -0.25) is 23.7 Å². The van der Waals surface area contributed by atoms with E-state index in [9.17, 15) is 0 Å². The number of rotatable bonds is 12. The molecule has 14 aromatic carbocycles. The van der Waals surface area contributed by atoms with E-state index in [1.165, 1.54) is 63.7 Å². The zero-order valence-corrected chi connectivity index (χ0v) is 67.3. The van der Waals surface area contributed by atoms with Gasteiger partial charge in [-0.15, -0.1) is 70.8 Å². The van der Waals surface area contributed by atoms with Gasteiger partial charge in [-0.05, 0) is 146 Å². The molecule has 0 N–H and O–H groups in total. The van der Waals surface area contributed by atoms with Gasteiger partial charge in [0.2, 0.25) is 0 Å². The summed E-state index contributed by atoms with van der Waals surface area (Å²) in [4.78, 5) is 0. The van der Waals surface area contributed by atoms with Gasteiger partial charge < -0.3 is 34.5 Å². The van der Waals surface area contributed by atoms with E-state index >= 15 is 0 Å². The predicted octanol–water partition coefficient (Wildman–Crippen LogP) is 16.2. The van der Waals surface area contributed by atoms with Gasteiger partial charge in [0.25, 0.3) is 0 Å². The Morgan fingerprint density at radius 2 is 0.333 bits per heavy atom. The van der Waals surface area contributed by atoms with Gasteiger partial charge in [-0.2, -0.15) is 0 Å². The monoisotopic (exact) mass is 2110 g/mol. The molecule has 0 amide bonds. The van der Waals surface area contributed by atoms with Crippen molar-refractivity contribution in [2.45, 2.75) is 0 Å². The van der Waals surface area contributed by atoms with Crippen LogP contribution in [0.25, 0.3) is 43.9 Å². The Labute approximate surface area is 666 Å². The van der Waals surface area contributed by atoms with E-state index in [1.807, 2.05) is 48.5 Å². The maximum Gasteiger partial charge on any atom is 1.00 e. The fraction of sp³-hybridized carbons (Fsp3) is 0. The van der Waals surface area contributed by atoms with Crippen molar-refractivity contribution in [2.75, 3.05) is 0 Å². The largest absolute Gasteiger partial charge is 1.00 e. The molecule has 0 aliphatic carbocycles. The summed E-state index contributed by atoms with van der Waals surface area (Å²) in [6, 6.07) is 129. The summed E-state index contributed by atoms with van der Waals surface area (Å²) in [5.41, 5.74) is 5.97. The molecule has 2 aromatic heterocycles. The zero-order valence-electron chi connectivity index (χ0n) is 54.7. The molecule has 0 fully saturated rings. The van der Waals surface area contributed by atoms with E-state index in [1.54, 1.807) is 24.3 Å². The fourth-order valence-electron chi connectivity index (χ4n) is 12.5. The summed E-state index contributed by atoms with van der Waals surface area (Å²) in [6.07, 6.45) is 28.5. The van der Waals surface area contributed by atoms with Gasteiger partial charge in [-0.25, -0.2) is 0 Å². The van der Waals surface area contributed by atoms with Crippen LogP contribution in [0.5, 0.6) is 0 Å². The Morgan fingerprint density at radius 1 is 0.186 bits per heavy atom. The first kappa shape index (κ1) is 77.8. The first-order chi connectivity index (χ1) is 48.5. The van der Waals surface area contributed by atoms with Crippen LogP contribution in [0, 0.1) is 49.4 Å². The van der Waals surface area contributed by atoms with E-state index in [2.05, 4.69) is 315 Å². The van der Waals surface area contributed by atoms with Crippen molar-refractivity contribution in [3.05, 3.63) is 412 Å². The molecule has 0 aliphatic rings. The van der Waals surface area contributed by atoms with E-state index < -0.39 is 31.7 Å². The normalized spacial score (nSPS) is 10.4. The molecule has 2 heterocycles. The minimum Gasteiger partial charge on any atom is -0.456 e. The van der Waals surface area contributed by atoms with Gasteiger partial charge in [0.1, 0.15) is 118 Å². The predicted molar refractivity (Wildman–Crippen MR) is 426 cm³/mol. The van der Waals surface area contributed by atoms with Crippen LogP contribution in [0.3, 0.4) is 0 Å². The Bertz CT molecular complexity index is 4680. The Kier molecular flexibility index (Phi) is 29.5. The Morgan fingerprint density at radius 3 is 0.480 bits per heavy atom. The van der Waals surface area contributed by atoms with Gasteiger partial charge in [0.15, 0.2) is 0 Å². The number of fused-ring (bicyclic) bond motifs is 6. The van der Waals surface area contributed by atoms with Gasteiger partial charge in [-0.1, -0.05) is 170 Å². The van der Waals surface area contributed by atoms with Crippen LogP contribution in [0.1, 0.15) is 22.3 Å². The number of benzene rings is 14. The molecular formula is C92H64Au4O2P4+4. The van der Waals surface area contributed by atoms with Crippen LogP contribution in [-0.2, 0) is 89.5 Å². The van der Waals surface area contributed by atoms with E-state index in [4.69, 9.17) is 34.5 Å². The summed E-state index contributed by atoms with van der Waals surface area (Å²) in [6.45, 7) is 0. The van der Waals surface area contributed by atoms with Crippen molar-refractivity contribution in [1.29, 1.82) is 0 Å². The third kappa shape index (κ3) is 18.5. The van der Waals surface area contributed by atoms with E-state index in [-0.39, 0.29) is 89.5 Å². The van der Waals surface area contributed by atoms with E-state index in [0.717, 1.165) is 43.9 Å². The molecule has 504 valence electrons. The Hall–Kier alpha value is -8.40. The van der Waals surface area contributed by atoms with E-state index in [0.29, 0.717) is 22.3 Å². The van der Waals surface area contributed by atoms with Crippen LogP contribution >= 0.6 is 31.7 Å². The zero-order chi connectivity index (χ0) is 66.8.